The van der Waals surface area contributed by atoms with Crippen LogP contribution in [0.4, 0.5) is 0 Å². The molecule has 1 aliphatic heterocycles. The summed E-state index contributed by atoms with van der Waals surface area (Å²) in [6.45, 7) is 0.331. The van der Waals surface area contributed by atoms with Crippen molar-refractivity contribution in [3.8, 4) is 0 Å². The number of aryl methyl sites for hydroxylation is 1. The number of hydrogen-bond donors (Lipinski definition) is 2. The molecule has 4 rings (SSSR count). The standard InChI is InChI=1S/C18H17ClN6S/c1-25-8-6-13(24-25)15-14(10-20)22-17(18-21-7-9-26-18)23-16(15)11-4-2-3-5-12(11)19/h2-9,16H,10,20H2,1H3,(H,22,23). The van der Waals surface area contributed by atoms with Gasteiger partial charge in [-0.3, -0.25) is 9.67 Å². The molecule has 0 radical (unpaired) electrons. The zero-order valence-electron chi connectivity index (χ0n) is 14.1. The quantitative estimate of drug-likeness (QED) is 0.724. The third kappa shape index (κ3) is 3.05. The van der Waals surface area contributed by atoms with Gasteiger partial charge in [0.25, 0.3) is 0 Å². The second-order valence-corrected chi connectivity index (χ2v) is 7.14. The van der Waals surface area contributed by atoms with Crippen molar-refractivity contribution in [3.05, 3.63) is 75.1 Å². The third-order valence-corrected chi connectivity index (χ3v) is 5.28. The lowest BCUT2D eigenvalue weighted by molar-refractivity contribution is 0.753. The topological polar surface area (TPSA) is 81.1 Å². The lowest BCUT2D eigenvalue weighted by Crippen LogP contribution is -2.34. The Hall–Kier alpha value is -2.48. The smallest absolute Gasteiger partial charge is 0.163 e. The molecule has 6 nitrogen and oxygen atoms in total. The molecule has 0 amide bonds. The number of nitrogens with zero attached hydrogens (tertiary/aromatic N) is 4. The number of thiazole rings is 1. The van der Waals surface area contributed by atoms with Gasteiger partial charge in [0.2, 0.25) is 0 Å². The fourth-order valence-corrected chi connectivity index (χ4v) is 3.81. The predicted octanol–water partition coefficient (Wildman–Crippen LogP) is 2.99. The van der Waals surface area contributed by atoms with E-state index < -0.39 is 0 Å². The summed E-state index contributed by atoms with van der Waals surface area (Å²) >= 11 is 8.02. The molecular weight excluding hydrogens is 368 g/mol. The Labute approximate surface area is 160 Å². The van der Waals surface area contributed by atoms with Crippen LogP contribution < -0.4 is 11.1 Å². The molecule has 1 atom stereocenters. The van der Waals surface area contributed by atoms with Crippen LogP contribution >= 0.6 is 22.9 Å². The Morgan fingerprint density at radius 1 is 1.31 bits per heavy atom. The summed E-state index contributed by atoms with van der Waals surface area (Å²) in [4.78, 5) is 9.30. The zero-order valence-corrected chi connectivity index (χ0v) is 15.6. The lowest BCUT2D eigenvalue weighted by atomic mass is 9.93. The summed E-state index contributed by atoms with van der Waals surface area (Å²) in [6, 6.07) is 9.37. The van der Waals surface area contributed by atoms with E-state index in [1.165, 1.54) is 11.3 Å². The van der Waals surface area contributed by atoms with E-state index in [4.69, 9.17) is 22.3 Å². The van der Waals surface area contributed by atoms with E-state index in [0.29, 0.717) is 17.4 Å². The van der Waals surface area contributed by atoms with Gasteiger partial charge in [0.1, 0.15) is 6.04 Å². The minimum atomic E-state index is -0.308. The Kier molecular flexibility index (Phi) is 4.58. The largest absolute Gasteiger partial charge is 0.340 e. The second kappa shape index (κ2) is 7.03. The Morgan fingerprint density at radius 2 is 2.15 bits per heavy atom. The Bertz CT molecular complexity index is 989. The molecule has 0 saturated carbocycles. The molecule has 1 unspecified atom stereocenters. The van der Waals surface area contributed by atoms with Crippen molar-refractivity contribution >= 4 is 34.3 Å². The van der Waals surface area contributed by atoms with Crippen molar-refractivity contribution in [3.63, 3.8) is 0 Å². The molecule has 0 fully saturated rings. The van der Waals surface area contributed by atoms with Crippen LogP contribution in [0, 0.1) is 0 Å². The third-order valence-electron chi connectivity index (χ3n) is 4.15. The molecule has 2 aromatic heterocycles. The van der Waals surface area contributed by atoms with Crippen LogP contribution in [-0.4, -0.2) is 27.1 Å². The number of hydrogen-bond acceptors (Lipinski definition) is 6. The molecule has 3 heterocycles. The highest BCUT2D eigenvalue weighted by Gasteiger charge is 2.30. The van der Waals surface area contributed by atoms with Crippen LogP contribution in [0.5, 0.6) is 0 Å². The zero-order chi connectivity index (χ0) is 18.1. The summed E-state index contributed by atoms with van der Waals surface area (Å²) in [6.07, 6.45) is 3.66. The molecule has 26 heavy (non-hydrogen) atoms. The van der Waals surface area contributed by atoms with Gasteiger partial charge < -0.3 is 11.1 Å². The van der Waals surface area contributed by atoms with Crippen LogP contribution in [-0.2, 0) is 7.05 Å². The van der Waals surface area contributed by atoms with E-state index in [1.54, 1.807) is 10.9 Å². The van der Waals surface area contributed by atoms with Gasteiger partial charge in [-0.05, 0) is 17.7 Å². The first-order chi connectivity index (χ1) is 12.7. The lowest BCUT2D eigenvalue weighted by Gasteiger charge is -2.27. The molecule has 3 aromatic rings. The first-order valence-electron chi connectivity index (χ1n) is 8.09. The molecule has 8 heteroatoms. The fourth-order valence-electron chi connectivity index (χ4n) is 2.99. The summed E-state index contributed by atoms with van der Waals surface area (Å²) in [5, 5.41) is 11.3. The fraction of sp³-hybridized carbons (Fsp3) is 0.167. The van der Waals surface area contributed by atoms with E-state index >= 15 is 0 Å². The SMILES string of the molecule is Cn1ccc(C2=C(CN)NC(c3nccs3)=NC2c2ccccc2Cl)n1. The highest BCUT2D eigenvalue weighted by atomic mass is 35.5. The summed E-state index contributed by atoms with van der Waals surface area (Å²) < 4.78 is 1.76. The summed E-state index contributed by atoms with van der Waals surface area (Å²) in [5.74, 6) is 0.699. The number of nitrogens with two attached hydrogens (primary N) is 1. The second-order valence-electron chi connectivity index (χ2n) is 5.84. The van der Waals surface area contributed by atoms with Crippen molar-refractivity contribution in [1.29, 1.82) is 0 Å². The van der Waals surface area contributed by atoms with Crippen molar-refractivity contribution in [1.82, 2.24) is 20.1 Å². The normalized spacial score (nSPS) is 17.2. The van der Waals surface area contributed by atoms with Crippen LogP contribution in [0.3, 0.4) is 0 Å². The van der Waals surface area contributed by atoms with Gasteiger partial charge >= 0.3 is 0 Å². The van der Waals surface area contributed by atoms with Gasteiger partial charge in [-0.1, -0.05) is 29.8 Å². The number of nitrogens with one attached hydrogen (secondary N) is 1. The molecule has 0 spiro atoms. The molecule has 1 aromatic carbocycles. The molecule has 1 aliphatic rings. The number of aromatic nitrogens is 3. The van der Waals surface area contributed by atoms with Gasteiger partial charge in [0.05, 0.1) is 5.69 Å². The number of halogens is 1. The Morgan fingerprint density at radius 3 is 2.81 bits per heavy atom. The average Bonchev–Trinajstić information content (AvgIpc) is 3.33. The maximum Gasteiger partial charge on any atom is 0.163 e. The highest BCUT2D eigenvalue weighted by molar-refractivity contribution is 7.11. The number of rotatable bonds is 4. The first kappa shape index (κ1) is 17.0. The van der Waals surface area contributed by atoms with Gasteiger partial charge in [0, 0.05) is 47.7 Å². The van der Waals surface area contributed by atoms with E-state index in [9.17, 15) is 0 Å². The predicted molar refractivity (Wildman–Crippen MR) is 105 cm³/mol. The van der Waals surface area contributed by atoms with Crippen molar-refractivity contribution < 1.29 is 0 Å². The van der Waals surface area contributed by atoms with Crippen LogP contribution in [0.15, 0.2) is 58.8 Å². The number of aliphatic imine (C=N–C) groups is 1. The number of amidine groups is 1. The maximum atomic E-state index is 6.50. The minimum absolute atomic E-state index is 0.308. The number of benzene rings is 1. The van der Waals surface area contributed by atoms with E-state index in [-0.39, 0.29) is 6.04 Å². The monoisotopic (exact) mass is 384 g/mol. The summed E-state index contributed by atoms with van der Waals surface area (Å²) in [7, 11) is 1.89. The van der Waals surface area contributed by atoms with E-state index in [1.807, 2.05) is 49.0 Å². The van der Waals surface area contributed by atoms with Gasteiger partial charge in [0.15, 0.2) is 10.8 Å². The van der Waals surface area contributed by atoms with Crippen LogP contribution in [0.1, 0.15) is 22.3 Å². The molecule has 0 aliphatic carbocycles. The molecule has 132 valence electrons. The molecular formula is C18H17ClN6S. The molecule has 3 N–H and O–H groups in total. The van der Waals surface area contributed by atoms with Crippen LogP contribution in [0.2, 0.25) is 5.02 Å². The minimum Gasteiger partial charge on any atom is -0.340 e. The van der Waals surface area contributed by atoms with Gasteiger partial charge in [-0.25, -0.2) is 4.98 Å². The molecule has 0 saturated heterocycles. The highest BCUT2D eigenvalue weighted by Crippen LogP contribution is 2.39. The Balaban J connectivity index is 1.90. The maximum absolute atomic E-state index is 6.50. The first-order valence-corrected chi connectivity index (χ1v) is 9.35. The van der Waals surface area contributed by atoms with E-state index in [2.05, 4.69) is 15.4 Å². The summed E-state index contributed by atoms with van der Waals surface area (Å²) in [5.41, 5.74) is 9.61. The van der Waals surface area contributed by atoms with Crippen molar-refractivity contribution in [2.45, 2.75) is 6.04 Å². The van der Waals surface area contributed by atoms with Crippen LogP contribution in [0.25, 0.3) is 5.57 Å². The van der Waals surface area contributed by atoms with E-state index in [0.717, 1.165) is 27.5 Å². The van der Waals surface area contributed by atoms with Gasteiger partial charge in [-0.2, -0.15) is 5.10 Å². The van der Waals surface area contributed by atoms with Crippen molar-refractivity contribution in [2.24, 2.45) is 17.8 Å². The van der Waals surface area contributed by atoms with Crippen molar-refractivity contribution in [2.75, 3.05) is 6.54 Å². The van der Waals surface area contributed by atoms with Gasteiger partial charge in [-0.15, -0.1) is 11.3 Å². The average molecular weight is 385 g/mol. The molecule has 0 bridgehead atoms.